The number of ether oxygens (including phenoxy) is 2. The molecule has 0 fully saturated rings. The highest BCUT2D eigenvalue weighted by Crippen LogP contribution is 2.20. The zero-order valence-corrected chi connectivity index (χ0v) is 23.0. The summed E-state index contributed by atoms with van der Waals surface area (Å²) < 4.78 is 39.7. The predicted octanol–water partition coefficient (Wildman–Crippen LogP) is 4.41. The van der Waals surface area contributed by atoms with Gasteiger partial charge in [0.05, 0.1) is 12.6 Å². The maximum Gasteiger partial charge on any atom is 0.408 e. The summed E-state index contributed by atoms with van der Waals surface area (Å²) in [5, 5.41) is 4.87. The van der Waals surface area contributed by atoms with Crippen LogP contribution in [0.3, 0.4) is 0 Å². The van der Waals surface area contributed by atoms with E-state index in [9.17, 15) is 23.2 Å². The molecule has 218 valence electrons. The molecule has 0 spiro atoms. The molecule has 0 saturated carbocycles. The van der Waals surface area contributed by atoms with Gasteiger partial charge in [0.1, 0.15) is 25.0 Å². The molecule has 0 bridgehead atoms. The van der Waals surface area contributed by atoms with Gasteiger partial charge in [-0.1, -0.05) is 86.6 Å². The number of halogens is 2. The minimum atomic E-state index is -3.86. The second-order valence-corrected chi connectivity index (χ2v) is 9.88. The maximum atomic E-state index is 14.4. The molecule has 0 aliphatic rings. The predicted molar refractivity (Wildman–Crippen MR) is 150 cm³/mol. The third-order valence-electron chi connectivity index (χ3n) is 6.30. The van der Waals surface area contributed by atoms with Crippen LogP contribution in [0, 0.1) is 5.92 Å². The van der Waals surface area contributed by atoms with Gasteiger partial charge < -0.3 is 25.8 Å². The van der Waals surface area contributed by atoms with Gasteiger partial charge in [-0.05, 0) is 41.2 Å². The molecule has 2 atom stereocenters. The highest BCUT2D eigenvalue weighted by Gasteiger charge is 2.43. The first-order chi connectivity index (χ1) is 19.6. The third-order valence-corrected chi connectivity index (χ3v) is 6.30. The molecule has 0 saturated heterocycles. The van der Waals surface area contributed by atoms with Crippen molar-refractivity contribution in [2.75, 3.05) is 6.54 Å². The summed E-state index contributed by atoms with van der Waals surface area (Å²) in [6, 6.07) is 22.3. The van der Waals surface area contributed by atoms with Crippen LogP contribution in [0.15, 0.2) is 84.9 Å². The van der Waals surface area contributed by atoms with Gasteiger partial charge in [-0.2, -0.15) is 8.78 Å². The summed E-state index contributed by atoms with van der Waals surface area (Å²) in [4.78, 5) is 38.3. The molecule has 3 rings (SSSR count). The van der Waals surface area contributed by atoms with Crippen LogP contribution >= 0.6 is 0 Å². The fourth-order valence-corrected chi connectivity index (χ4v) is 3.95. The highest BCUT2D eigenvalue weighted by atomic mass is 19.3. The van der Waals surface area contributed by atoms with Crippen molar-refractivity contribution in [3.63, 3.8) is 0 Å². The number of ketones is 1. The van der Waals surface area contributed by atoms with Gasteiger partial charge >= 0.3 is 12.0 Å². The Morgan fingerprint density at radius 3 is 1.90 bits per heavy atom. The van der Waals surface area contributed by atoms with Crippen molar-refractivity contribution in [2.24, 2.45) is 11.7 Å². The van der Waals surface area contributed by atoms with E-state index in [-0.39, 0.29) is 13.0 Å². The molecular formula is C31H35F2N3O5. The molecule has 3 aromatic carbocycles. The van der Waals surface area contributed by atoms with Crippen LogP contribution in [0.5, 0.6) is 5.75 Å². The number of carbonyl (C=O) groups is 3. The van der Waals surface area contributed by atoms with Crippen LogP contribution < -0.4 is 21.1 Å². The Bertz CT molecular complexity index is 1270. The first kappa shape index (κ1) is 31.2. The van der Waals surface area contributed by atoms with E-state index >= 15 is 0 Å². The first-order valence-corrected chi connectivity index (χ1v) is 13.2. The number of nitrogens with one attached hydrogen (secondary N) is 2. The molecule has 10 heteroatoms. The molecule has 4 N–H and O–H groups in total. The fourth-order valence-electron chi connectivity index (χ4n) is 3.95. The van der Waals surface area contributed by atoms with Gasteiger partial charge in [0.15, 0.2) is 0 Å². The summed E-state index contributed by atoms with van der Waals surface area (Å²) in [5.41, 5.74) is 7.39. The number of hydrogen-bond acceptors (Lipinski definition) is 6. The average molecular weight is 568 g/mol. The summed E-state index contributed by atoms with van der Waals surface area (Å²) in [6.07, 6.45) is -1.08. The second-order valence-electron chi connectivity index (χ2n) is 9.88. The van der Waals surface area contributed by atoms with Crippen molar-refractivity contribution in [1.29, 1.82) is 0 Å². The van der Waals surface area contributed by atoms with Gasteiger partial charge in [0, 0.05) is 0 Å². The van der Waals surface area contributed by atoms with Gasteiger partial charge in [-0.15, -0.1) is 0 Å². The number of rotatable bonds is 14. The SMILES string of the molecule is CC(C)[C@H](NC(=O)OCc1ccccc1)C(=O)NC(Cc1ccc(OCc2ccccc2)cc1)C(=O)C(F)(F)CN. The number of hydrogen-bond donors (Lipinski definition) is 3. The van der Waals surface area contributed by atoms with Gasteiger partial charge in [0.2, 0.25) is 11.7 Å². The van der Waals surface area contributed by atoms with Crippen LogP contribution in [-0.4, -0.2) is 42.3 Å². The van der Waals surface area contributed by atoms with Crippen LogP contribution in [0.1, 0.15) is 30.5 Å². The minimum absolute atomic E-state index is 0.0198. The van der Waals surface area contributed by atoms with E-state index in [1.165, 1.54) is 0 Å². The van der Waals surface area contributed by atoms with Gasteiger partial charge in [-0.25, -0.2) is 4.79 Å². The standard InChI is InChI=1S/C31H35F2N3O5/c1-21(2)27(36-30(39)41-19-24-11-7-4-8-12-24)29(38)35-26(28(37)31(32,33)20-34)17-22-13-15-25(16-14-22)40-18-23-9-5-3-6-10-23/h3-16,21,26-27H,17-20,34H2,1-2H3,(H,35,38)(H,36,39)/t26?,27-/m0/s1. The summed E-state index contributed by atoms with van der Waals surface area (Å²) in [5.74, 6) is -6.06. The van der Waals surface area contributed by atoms with Crippen LogP contribution in [0.25, 0.3) is 0 Å². The van der Waals surface area contributed by atoms with E-state index in [0.29, 0.717) is 17.9 Å². The second kappa shape index (κ2) is 14.9. The highest BCUT2D eigenvalue weighted by molar-refractivity contribution is 5.96. The zero-order chi connectivity index (χ0) is 29.8. The molecule has 3 aromatic rings. The number of alkyl halides is 2. The van der Waals surface area contributed by atoms with Gasteiger partial charge in [0.25, 0.3) is 0 Å². The van der Waals surface area contributed by atoms with E-state index in [4.69, 9.17) is 15.2 Å². The number of amides is 2. The molecule has 0 aliphatic heterocycles. The Labute approximate surface area is 238 Å². The Kier molecular flexibility index (Phi) is 11.3. The first-order valence-electron chi connectivity index (χ1n) is 13.2. The molecule has 41 heavy (non-hydrogen) atoms. The third kappa shape index (κ3) is 9.68. The zero-order valence-electron chi connectivity index (χ0n) is 23.0. The minimum Gasteiger partial charge on any atom is -0.489 e. The normalized spacial score (nSPS) is 12.7. The quantitative estimate of drug-likeness (QED) is 0.266. The van der Waals surface area contributed by atoms with E-state index in [0.717, 1.165) is 11.1 Å². The molecule has 1 unspecified atom stereocenters. The Morgan fingerprint density at radius 2 is 1.37 bits per heavy atom. The molecular weight excluding hydrogens is 532 g/mol. The lowest BCUT2D eigenvalue weighted by molar-refractivity contribution is -0.145. The Hall–Kier alpha value is -4.31. The average Bonchev–Trinajstić information content (AvgIpc) is 2.98. The number of Topliss-reactive ketones (excluding diaryl/α,β-unsaturated/α-hetero) is 1. The Balaban J connectivity index is 1.67. The van der Waals surface area contributed by atoms with Crippen LogP contribution in [-0.2, 0) is 34.0 Å². The lowest BCUT2D eigenvalue weighted by atomic mass is 9.96. The lowest BCUT2D eigenvalue weighted by Gasteiger charge is -2.26. The number of benzene rings is 3. The molecule has 0 aliphatic carbocycles. The Morgan fingerprint density at radius 1 is 0.805 bits per heavy atom. The number of nitrogens with two attached hydrogens (primary N) is 1. The van der Waals surface area contributed by atoms with Crippen LogP contribution in [0.4, 0.5) is 13.6 Å². The van der Waals surface area contributed by atoms with Crippen molar-refractivity contribution in [3.8, 4) is 5.75 Å². The summed E-state index contributed by atoms with van der Waals surface area (Å²) in [7, 11) is 0. The molecule has 0 aromatic heterocycles. The van der Waals surface area contributed by atoms with Crippen molar-refractivity contribution in [2.45, 2.75) is 51.5 Å². The van der Waals surface area contributed by atoms with Crippen molar-refractivity contribution in [1.82, 2.24) is 10.6 Å². The topological polar surface area (TPSA) is 120 Å². The molecule has 0 heterocycles. The van der Waals surface area contributed by atoms with E-state index in [1.54, 1.807) is 62.4 Å². The van der Waals surface area contributed by atoms with E-state index in [1.807, 2.05) is 36.4 Å². The van der Waals surface area contributed by atoms with Crippen molar-refractivity contribution >= 4 is 17.8 Å². The molecule has 2 amide bonds. The van der Waals surface area contributed by atoms with Gasteiger partial charge in [-0.3, -0.25) is 9.59 Å². The molecule has 8 nitrogen and oxygen atoms in total. The summed E-state index contributed by atoms with van der Waals surface area (Å²) >= 11 is 0. The van der Waals surface area contributed by atoms with Crippen molar-refractivity contribution in [3.05, 3.63) is 102 Å². The largest absolute Gasteiger partial charge is 0.489 e. The van der Waals surface area contributed by atoms with Crippen LogP contribution in [0.2, 0.25) is 0 Å². The van der Waals surface area contributed by atoms with E-state index < -0.39 is 48.3 Å². The fraction of sp³-hybridized carbons (Fsp3) is 0.323. The maximum absolute atomic E-state index is 14.4. The smallest absolute Gasteiger partial charge is 0.408 e. The summed E-state index contributed by atoms with van der Waals surface area (Å²) in [6.45, 7) is 2.45. The lowest BCUT2D eigenvalue weighted by Crippen LogP contribution is -2.57. The monoisotopic (exact) mass is 567 g/mol. The van der Waals surface area contributed by atoms with Crippen molar-refractivity contribution < 1.29 is 32.6 Å². The van der Waals surface area contributed by atoms with E-state index in [2.05, 4.69) is 10.6 Å². The number of carbonyl (C=O) groups excluding carboxylic acids is 3. The molecule has 0 radical (unpaired) electrons. The number of alkyl carbamates (subject to hydrolysis) is 1.